The van der Waals surface area contributed by atoms with Crippen molar-refractivity contribution in [3.8, 4) is 11.8 Å². The van der Waals surface area contributed by atoms with E-state index in [0.29, 0.717) is 11.4 Å². The van der Waals surface area contributed by atoms with Crippen molar-refractivity contribution in [1.82, 2.24) is 15.2 Å². The highest BCUT2D eigenvalue weighted by molar-refractivity contribution is 5.95. The van der Waals surface area contributed by atoms with E-state index in [1.165, 1.54) is 12.1 Å². The molecule has 0 radical (unpaired) electrons. The minimum Gasteiger partial charge on any atom is -0.477 e. The van der Waals surface area contributed by atoms with E-state index in [1.54, 1.807) is 13.8 Å². The van der Waals surface area contributed by atoms with Crippen molar-refractivity contribution >= 4 is 11.7 Å². The maximum Gasteiger partial charge on any atom is 0.346 e. The lowest BCUT2D eigenvalue weighted by atomic mass is 10.1. The zero-order chi connectivity index (χ0) is 15.6. The van der Waals surface area contributed by atoms with Crippen LogP contribution in [0.4, 0.5) is 5.69 Å². The highest BCUT2D eigenvalue weighted by Crippen LogP contribution is 2.30. The molecule has 0 aliphatic carbocycles. The number of nitro benzene ring substituents is 1. The minimum atomic E-state index is -1.48. The van der Waals surface area contributed by atoms with Crippen LogP contribution in [0.5, 0.6) is 11.8 Å². The van der Waals surface area contributed by atoms with Gasteiger partial charge in [0.05, 0.1) is 16.3 Å². The Morgan fingerprint density at radius 1 is 1.29 bits per heavy atom. The molecule has 0 fully saturated rings. The highest BCUT2D eigenvalue weighted by atomic mass is 16.6. The summed E-state index contributed by atoms with van der Waals surface area (Å²) >= 11 is 0. The topological polar surface area (TPSA) is 128 Å². The molecule has 1 N–H and O–H groups in total. The molecule has 108 valence electrons. The number of aromatic carboxylic acids is 1. The van der Waals surface area contributed by atoms with Gasteiger partial charge in [0.15, 0.2) is 11.3 Å². The van der Waals surface area contributed by atoms with E-state index < -0.39 is 22.1 Å². The van der Waals surface area contributed by atoms with Crippen LogP contribution in [0.3, 0.4) is 0 Å². The first-order chi connectivity index (χ1) is 9.90. The van der Waals surface area contributed by atoms with E-state index in [2.05, 4.69) is 15.2 Å². The molecule has 2 rings (SSSR count). The van der Waals surface area contributed by atoms with Crippen LogP contribution in [0, 0.1) is 24.0 Å². The Balaban J connectivity index is 2.48. The number of carboxylic acid groups (broad SMARTS) is 1. The summed E-state index contributed by atoms with van der Waals surface area (Å²) in [5, 5.41) is 27.5. The van der Waals surface area contributed by atoms with Gasteiger partial charge in [-0.3, -0.25) is 10.1 Å². The maximum atomic E-state index is 11.2. The molecular formula is C12H10N4O5. The van der Waals surface area contributed by atoms with Crippen LogP contribution in [0.2, 0.25) is 0 Å². The normalized spacial score (nSPS) is 10.2. The second kappa shape index (κ2) is 5.49. The standard InChI is InChI=1S/C12H10N4O5/c1-6-7(2)14-15-12(13-6)21-9-5-3-4-8(16(19)20)10(9)11(17)18/h3-5H,1-2H3,(H,17,18). The molecule has 9 nitrogen and oxygen atoms in total. The molecule has 21 heavy (non-hydrogen) atoms. The molecule has 0 bridgehead atoms. The first kappa shape index (κ1) is 14.3. The van der Waals surface area contributed by atoms with Gasteiger partial charge in [0.25, 0.3) is 5.69 Å². The number of nitrogens with zero attached hydrogens (tertiary/aromatic N) is 4. The Morgan fingerprint density at radius 2 is 2.00 bits per heavy atom. The number of hydrogen-bond acceptors (Lipinski definition) is 7. The Labute approximate surface area is 118 Å². The molecule has 0 aliphatic rings. The number of ether oxygens (including phenoxy) is 1. The average molecular weight is 290 g/mol. The number of carbonyl (C=O) groups is 1. The minimum absolute atomic E-state index is 0.180. The fourth-order valence-corrected chi connectivity index (χ4v) is 1.55. The zero-order valence-electron chi connectivity index (χ0n) is 11.1. The van der Waals surface area contributed by atoms with E-state index in [1.807, 2.05) is 0 Å². The number of carboxylic acids is 1. The summed E-state index contributed by atoms with van der Waals surface area (Å²) in [5.41, 5.74) is 0.0169. The third-order valence-electron chi connectivity index (χ3n) is 2.69. The fourth-order valence-electron chi connectivity index (χ4n) is 1.55. The lowest BCUT2D eigenvalue weighted by Crippen LogP contribution is -2.07. The van der Waals surface area contributed by atoms with E-state index >= 15 is 0 Å². The van der Waals surface area contributed by atoms with Gasteiger partial charge in [0.2, 0.25) is 0 Å². The molecule has 0 saturated carbocycles. The molecule has 1 aromatic carbocycles. The van der Waals surface area contributed by atoms with Crippen molar-refractivity contribution in [2.24, 2.45) is 0 Å². The number of benzene rings is 1. The number of nitro groups is 1. The predicted octanol–water partition coefficient (Wildman–Crippen LogP) is 1.89. The number of aromatic nitrogens is 3. The van der Waals surface area contributed by atoms with E-state index in [0.717, 1.165) is 6.07 Å². The van der Waals surface area contributed by atoms with Crippen molar-refractivity contribution in [3.05, 3.63) is 45.3 Å². The van der Waals surface area contributed by atoms with E-state index in [9.17, 15) is 14.9 Å². The average Bonchev–Trinajstić information content (AvgIpc) is 2.42. The first-order valence-corrected chi connectivity index (χ1v) is 5.76. The Bertz CT molecular complexity index is 732. The summed E-state index contributed by atoms with van der Waals surface area (Å²) in [6.07, 6.45) is 0. The molecule has 9 heteroatoms. The molecule has 1 aromatic heterocycles. The van der Waals surface area contributed by atoms with Crippen LogP contribution in [0.15, 0.2) is 18.2 Å². The van der Waals surface area contributed by atoms with Crippen LogP contribution in [0.1, 0.15) is 21.7 Å². The lowest BCUT2D eigenvalue weighted by molar-refractivity contribution is -0.385. The van der Waals surface area contributed by atoms with Crippen LogP contribution in [-0.2, 0) is 0 Å². The van der Waals surface area contributed by atoms with Crippen molar-refractivity contribution < 1.29 is 19.6 Å². The third-order valence-corrected chi connectivity index (χ3v) is 2.69. The molecule has 0 saturated heterocycles. The van der Waals surface area contributed by atoms with Gasteiger partial charge in [-0.1, -0.05) is 11.2 Å². The quantitative estimate of drug-likeness (QED) is 0.667. The summed E-state index contributed by atoms with van der Waals surface area (Å²) in [4.78, 5) is 25.3. The van der Waals surface area contributed by atoms with Gasteiger partial charge in [0.1, 0.15) is 0 Å². The molecule has 0 spiro atoms. The van der Waals surface area contributed by atoms with Crippen LogP contribution >= 0.6 is 0 Å². The van der Waals surface area contributed by atoms with Crippen molar-refractivity contribution in [2.45, 2.75) is 13.8 Å². The van der Waals surface area contributed by atoms with Crippen LogP contribution in [0.25, 0.3) is 0 Å². The molecule has 1 heterocycles. The maximum absolute atomic E-state index is 11.2. The largest absolute Gasteiger partial charge is 0.477 e. The SMILES string of the molecule is Cc1nnc(Oc2cccc([N+](=O)[O-])c2C(=O)O)nc1C. The van der Waals surface area contributed by atoms with Gasteiger partial charge in [-0.05, 0) is 19.9 Å². The molecule has 2 aromatic rings. The Morgan fingerprint density at radius 3 is 2.57 bits per heavy atom. The molecule has 0 atom stereocenters. The Kier molecular flexibility index (Phi) is 3.74. The number of hydrogen-bond donors (Lipinski definition) is 1. The van der Waals surface area contributed by atoms with Crippen molar-refractivity contribution in [1.29, 1.82) is 0 Å². The van der Waals surface area contributed by atoms with E-state index in [-0.39, 0.29) is 11.8 Å². The monoisotopic (exact) mass is 290 g/mol. The van der Waals surface area contributed by atoms with Crippen molar-refractivity contribution in [3.63, 3.8) is 0 Å². The highest BCUT2D eigenvalue weighted by Gasteiger charge is 2.25. The third kappa shape index (κ3) is 2.91. The summed E-state index contributed by atoms with van der Waals surface area (Å²) in [6, 6.07) is 3.50. The molecular weight excluding hydrogens is 280 g/mol. The fraction of sp³-hybridized carbons (Fsp3) is 0.167. The van der Waals surface area contributed by atoms with Gasteiger partial charge in [-0.2, -0.15) is 4.98 Å². The molecule has 0 unspecified atom stereocenters. The number of rotatable bonds is 4. The summed E-state index contributed by atoms with van der Waals surface area (Å²) in [7, 11) is 0. The lowest BCUT2D eigenvalue weighted by Gasteiger charge is -2.07. The molecule has 0 aliphatic heterocycles. The van der Waals surface area contributed by atoms with Gasteiger partial charge in [-0.25, -0.2) is 4.79 Å². The summed E-state index contributed by atoms with van der Waals surface area (Å²) in [5.74, 6) is -1.70. The number of aryl methyl sites for hydroxylation is 2. The van der Waals surface area contributed by atoms with Crippen LogP contribution < -0.4 is 4.74 Å². The second-order valence-corrected chi connectivity index (χ2v) is 4.08. The Hall–Kier alpha value is -3.10. The van der Waals surface area contributed by atoms with Gasteiger partial charge >= 0.3 is 12.0 Å². The van der Waals surface area contributed by atoms with Gasteiger partial charge < -0.3 is 9.84 Å². The predicted molar refractivity (Wildman–Crippen MR) is 69.4 cm³/mol. The summed E-state index contributed by atoms with van der Waals surface area (Å²) < 4.78 is 5.23. The smallest absolute Gasteiger partial charge is 0.346 e. The van der Waals surface area contributed by atoms with Gasteiger partial charge in [-0.15, -0.1) is 5.10 Å². The van der Waals surface area contributed by atoms with Crippen molar-refractivity contribution in [2.75, 3.05) is 0 Å². The molecule has 0 amide bonds. The first-order valence-electron chi connectivity index (χ1n) is 5.76. The second-order valence-electron chi connectivity index (χ2n) is 4.08. The van der Waals surface area contributed by atoms with E-state index in [4.69, 9.17) is 9.84 Å². The summed E-state index contributed by atoms with van der Waals surface area (Å²) in [6.45, 7) is 3.39. The van der Waals surface area contributed by atoms with Gasteiger partial charge in [0, 0.05) is 6.07 Å². The zero-order valence-corrected chi connectivity index (χ0v) is 11.1. The van der Waals surface area contributed by atoms with Crippen LogP contribution in [-0.4, -0.2) is 31.2 Å².